The molecule has 70 valence electrons. The van der Waals surface area contributed by atoms with Crippen LogP contribution in [0.4, 0.5) is 0 Å². The van der Waals surface area contributed by atoms with Crippen molar-refractivity contribution in [2.45, 2.75) is 58.0 Å². The fraction of sp³-hybridized carbons (Fsp3) is 1.00. The van der Waals surface area contributed by atoms with E-state index in [1.807, 2.05) is 6.92 Å². The highest BCUT2D eigenvalue weighted by molar-refractivity contribution is 4.83. The smallest absolute Gasteiger partial charge is 0.155 e. The van der Waals surface area contributed by atoms with Gasteiger partial charge in [0.25, 0.3) is 0 Å². The summed E-state index contributed by atoms with van der Waals surface area (Å²) in [7, 11) is 0. The summed E-state index contributed by atoms with van der Waals surface area (Å²) in [5.41, 5.74) is 0. The summed E-state index contributed by atoms with van der Waals surface area (Å²) >= 11 is 0. The molecule has 2 nitrogen and oxygen atoms in total. The Labute approximate surface area is 74.2 Å². The zero-order valence-corrected chi connectivity index (χ0v) is 7.95. The maximum atomic E-state index is 5.74. The molecule has 2 aliphatic rings. The molecule has 0 aromatic rings. The molecule has 1 aliphatic carbocycles. The van der Waals surface area contributed by atoms with Gasteiger partial charge in [-0.15, -0.1) is 0 Å². The largest absolute Gasteiger partial charge is 0.350 e. The lowest BCUT2D eigenvalue weighted by Crippen LogP contribution is -2.45. The Hall–Kier alpha value is -0.0800. The van der Waals surface area contributed by atoms with Gasteiger partial charge in [0.15, 0.2) is 6.29 Å². The molecule has 2 rings (SSSR count). The molecule has 4 atom stereocenters. The van der Waals surface area contributed by atoms with Crippen LogP contribution in [-0.4, -0.2) is 18.5 Å². The Morgan fingerprint density at radius 3 is 2.58 bits per heavy atom. The summed E-state index contributed by atoms with van der Waals surface area (Å²) in [5, 5.41) is 0. The number of ether oxygens (including phenoxy) is 2. The van der Waals surface area contributed by atoms with Crippen molar-refractivity contribution in [3.05, 3.63) is 0 Å². The third-order valence-electron chi connectivity index (χ3n) is 3.13. The third-order valence-corrected chi connectivity index (χ3v) is 3.13. The van der Waals surface area contributed by atoms with Gasteiger partial charge < -0.3 is 9.47 Å². The molecule has 2 fully saturated rings. The van der Waals surface area contributed by atoms with Crippen LogP contribution in [-0.2, 0) is 9.47 Å². The Morgan fingerprint density at radius 2 is 1.75 bits per heavy atom. The molecule has 0 N–H and O–H groups in total. The van der Waals surface area contributed by atoms with E-state index in [-0.39, 0.29) is 6.29 Å². The van der Waals surface area contributed by atoms with Crippen LogP contribution in [0, 0.1) is 5.92 Å². The lowest BCUT2D eigenvalue weighted by Gasteiger charge is -2.42. The van der Waals surface area contributed by atoms with Crippen LogP contribution in [0.15, 0.2) is 0 Å². The van der Waals surface area contributed by atoms with Gasteiger partial charge in [0, 0.05) is 5.92 Å². The van der Waals surface area contributed by atoms with Crippen molar-refractivity contribution in [1.82, 2.24) is 0 Å². The average Bonchev–Trinajstić information content (AvgIpc) is 2.04. The minimum Gasteiger partial charge on any atom is -0.350 e. The van der Waals surface area contributed by atoms with Crippen LogP contribution in [0.25, 0.3) is 0 Å². The van der Waals surface area contributed by atoms with Crippen LogP contribution in [0.2, 0.25) is 0 Å². The lowest BCUT2D eigenvalue weighted by atomic mass is 9.82. The van der Waals surface area contributed by atoms with Gasteiger partial charge in [-0.3, -0.25) is 0 Å². The van der Waals surface area contributed by atoms with Crippen molar-refractivity contribution in [2.75, 3.05) is 0 Å². The van der Waals surface area contributed by atoms with Gasteiger partial charge in [0.2, 0.25) is 0 Å². The number of hydrogen-bond donors (Lipinski definition) is 0. The summed E-state index contributed by atoms with van der Waals surface area (Å²) < 4.78 is 11.4. The van der Waals surface area contributed by atoms with E-state index >= 15 is 0 Å². The Bertz CT molecular complexity index is 158. The van der Waals surface area contributed by atoms with Crippen molar-refractivity contribution in [3.8, 4) is 0 Å². The van der Waals surface area contributed by atoms with E-state index in [4.69, 9.17) is 9.47 Å². The van der Waals surface area contributed by atoms with E-state index in [9.17, 15) is 0 Å². The topological polar surface area (TPSA) is 18.5 Å². The first-order chi connectivity index (χ1) is 5.77. The Balaban J connectivity index is 2.01. The minimum absolute atomic E-state index is 0.0133. The Kier molecular flexibility index (Phi) is 2.37. The number of fused-ring (bicyclic) bond motifs is 1. The normalized spacial score (nSPS) is 48.5. The molecule has 1 saturated heterocycles. The summed E-state index contributed by atoms with van der Waals surface area (Å²) in [6, 6.07) is 0. The molecule has 0 amide bonds. The maximum Gasteiger partial charge on any atom is 0.155 e. The zero-order valence-electron chi connectivity index (χ0n) is 7.95. The molecule has 0 radical (unpaired) electrons. The highest BCUT2D eigenvalue weighted by atomic mass is 16.7. The highest BCUT2D eigenvalue weighted by Crippen LogP contribution is 2.35. The second-order valence-corrected chi connectivity index (χ2v) is 4.03. The quantitative estimate of drug-likeness (QED) is 0.555. The molecule has 0 spiro atoms. The van der Waals surface area contributed by atoms with Crippen molar-refractivity contribution in [1.29, 1.82) is 0 Å². The maximum absolute atomic E-state index is 5.74. The highest BCUT2D eigenvalue weighted by Gasteiger charge is 2.36. The van der Waals surface area contributed by atoms with E-state index in [1.165, 1.54) is 25.7 Å². The van der Waals surface area contributed by atoms with Crippen molar-refractivity contribution in [2.24, 2.45) is 5.92 Å². The minimum atomic E-state index is 0.0133. The molecule has 0 aromatic carbocycles. The monoisotopic (exact) mass is 170 g/mol. The molecule has 1 heterocycles. The lowest BCUT2D eigenvalue weighted by molar-refractivity contribution is -0.263. The predicted octanol–water partition coefficient (Wildman–Crippen LogP) is 2.33. The molecule has 0 unspecified atom stereocenters. The number of rotatable bonds is 0. The molecular weight excluding hydrogens is 152 g/mol. The van der Waals surface area contributed by atoms with E-state index < -0.39 is 0 Å². The predicted molar refractivity (Wildman–Crippen MR) is 46.8 cm³/mol. The first-order valence-electron chi connectivity index (χ1n) is 5.08. The van der Waals surface area contributed by atoms with Crippen molar-refractivity contribution >= 4 is 0 Å². The SMILES string of the molecule is C[C@@H]1O[C@@H](C)[C@H]2CCCC[C@@H]2O1. The van der Waals surface area contributed by atoms with Crippen molar-refractivity contribution < 1.29 is 9.47 Å². The van der Waals surface area contributed by atoms with Gasteiger partial charge in [-0.25, -0.2) is 0 Å². The fourth-order valence-corrected chi connectivity index (χ4v) is 2.51. The van der Waals surface area contributed by atoms with E-state index in [0.717, 1.165) is 0 Å². The van der Waals surface area contributed by atoms with Crippen LogP contribution in [0.1, 0.15) is 39.5 Å². The van der Waals surface area contributed by atoms with Gasteiger partial charge in [-0.05, 0) is 26.7 Å². The number of hydrogen-bond acceptors (Lipinski definition) is 2. The van der Waals surface area contributed by atoms with Gasteiger partial charge in [0.1, 0.15) is 0 Å². The summed E-state index contributed by atoms with van der Waals surface area (Å²) in [6.07, 6.45) is 6.12. The Morgan fingerprint density at radius 1 is 1.00 bits per heavy atom. The third kappa shape index (κ3) is 1.50. The summed E-state index contributed by atoms with van der Waals surface area (Å²) in [5.74, 6) is 0.662. The standard InChI is InChI=1S/C10H18O2/c1-7-9-5-3-4-6-10(9)12-8(2)11-7/h7-10H,3-6H2,1-2H3/t7-,8+,9+,10-/m0/s1. The van der Waals surface area contributed by atoms with Crippen LogP contribution in [0.5, 0.6) is 0 Å². The van der Waals surface area contributed by atoms with E-state index in [0.29, 0.717) is 18.1 Å². The average molecular weight is 170 g/mol. The molecule has 0 aromatic heterocycles. The van der Waals surface area contributed by atoms with Crippen LogP contribution < -0.4 is 0 Å². The fourth-order valence-electron chi connectivity index (χ4n) is 2.51. The molecule has 2 heteroatoms. The molecular formula is C10H18O2. The van der Waals surface area contributed by atoms with E-state index in [1.54, 1.807) is 0 Å². The molecule has 12 heavy (non-hydrogen) atoms. The van der Waals surface area contributed by atoms with Crippen LogP contribution >= 0.6 is 0 Å². The first kappa shape index (κ1) is 8.52. The second kappa shape index (κ2) is 3.35. The molecule has 1 aliphatic heterocycles. The van der Waals surface area contributed by atoms with Gasteiger partial charge in [0.05, 0.1) is 12.2 Å². The molecule has 0 bridgehead atoms. The van der Waals surface area contributed by atoms with Gasteiger partial charge >= 0.3 is 0 Å². The van der Waals surface area contributed by atoms with Crippen molar-refractivity contribution in [3.63, 3.8) is 0 Å². The summed E-state index contributed by atoms with van der Waals surface area (Å²) in [4.78, 5) is 0. The molecule has 1 saturated carbocycles. The van der Waals surface area contributed by atoms with Crippen LogP contribution in [0.3, 0.4) is 0 Å². The second-order valence-electron chi connectivity index (χ2n) is 4.03. The van der Waals surface area contributed by atoms with Gasteiger partial charge in [-0.1, -0.05) is 12.8 Å². The summed E-state index contributed by atoms with van der Waals surface area (Å²) in [6.45, 7) is 4.18. The van der Waals surface area contributed by atoms with Gasteiger partial charge in [-0.2, -0.15) is 0 Å². The van der Waals surface area contributed by atoms with E-state index in [2.05, 4.69) is 6.92 Å². The zero-order chi connectivity index (χ0) is 8.55. The first-order valence-corrected chi connectivity index (χ1v) is 5.08.